The number of rotatable bonds is 2. The summed E-state index contributed by atoms with van der Waals surface area (Å²) in [5.41, 5.74) is 2.05. The normalized spacial score (nSPS) is 25.6. The summed E-state index contributed by atoms with van der Waals surface area (Å²) in [7, 11) is 0. The molecule has 1 amide bonds. The van der Waals surface area contributed by atoms with Crippen molar-refractivity contribution in [1.82, 2.24) is 4.90 Å². The van der Waals surface area contributed by atoms with Crippen molar-refractivity contribution in [1.29, 1.82) is 0 Å². The summed E-state index contributed by atoms with van der Waals surface area (Å²) in [4.78, 5) is 17.7. The molecule has 1 aromatic carbocycles. The molecule has 0 aliphatic carbocycles. The van der Waals surface area contributed by atoms with E-state index in [1.54, 1.807) is 0 Å². The molecular formula is C13H14N2O3. The van der Waals surface area contributed by atoms with Crippen LogP contribution in [0.15, 0.2) is 35.5 Å². The fourth-order valence-corrected chi connectivity index (χ4v) is 2.53. The number of hydrogen-bond donors (Lipinski definition) is 1. The number of nitrogens with zero attached hydrogens (tertiary/aromatic N) is 2. The van der Waals surface area contributed by atoms with Crippen LogP contribution in [0.4, 0.5) is 4.79 Å². The smallest absolute Gasteiger partial charge is 0.407 e. The average Bonchev–Trinajstić information content (AvgIpc) is 2.93. The topological polar surface area (TPSA) is 62.1 Å². The van der Waals surface area contributed by atoms with Gasteiger partial charge in [-0.2, -0.15) is 0 Å². The third-order valence-electron chi connectivity index (χ3n) is 3.50. The maximum atomic E-state index is 10.9. The molecule has 0 radical (unpaired) electrons. The van der Waals surface area contributed by atoms with Crippen LogP contribution in [0.2, 0.25) is 0 Å². The number of carboxylic acid groups (broad SMARTS) is 1. The van der Waals surface area contributed by atoms with Crippen LogP contribution in [-0.4, -0.2) is 41.0 Å². The van der Waals surface area contributed by atoms with Crippen LogP contribution < -0.4 is 0 Å². The minimum atomic E-state index is -0.884. The second-order valence-corrected chi connectivity index (χ2v) is 4.69. The minimum Gasteiger partial charge on any atom is -0.465 e. The Morgan fingerprint density at radius 3 is 2.94 bits per heavy atom. The van der Waals surface area contributed by atoms with Crippen LogP contribution >= 0.6 is 0 Å². The molecule has 0 aromatic heterocycles. The van der Waals surface area contributed by atoms with Crippen molar-refractivity contribution in [3.8, 4) is 0 Å². The lowest BCUT2D eigenvalue weighted by molar-refractivity contribution is 0.0543. The van der Waals surface area contributed by atoms with E-state index in [1.165, 1.54) is 10.5 Å². The molecule has 18 heavy (non-hydrogen) atoms. The van der Waals surface area contributed by atoms with Gasteiger partial charge in [-0.1, -0.05) is 35.5 Å². The van der Waals surface area contributed by atoms with Gasteiger partial charge < -0.3 is 14.8 Å². The van der Waals surface area contributed by atoms with Crippen LogP contribution in [0, 0.1) is 5.92 Å². The Hall–Kier alpha value is -2.04. The Morgan fingerprint density at radius 1 is 1.44 bits per heavy atom. The third kappa shape index (κ3) is 1.92. The van der Waals surface area contributed by atoms with Gasteiger partial charge in [-0.05, 0) is 5.56 Å². The molecule has 1 N–H and O–H groups in total. The van der Waals surface area contributed by atoms with E-state index in [4.69, 9.17) is 9.94 Å². The lowest BCUT2D eigenvalue weighted by Gasteiger charge is -2.16. The van der Waals surface area contributed by atoms with Gasteiger partial charge >= 0.3 is 6.09 Å². The van der Waals surface area contributed by atoms with Gasteiger partial charge in [0.05, 0.1) is 18.2 Å². The van der Waals surface area contributed by atoms with Gasteiger partial charge in [0.2, 0.25) is 0 Å². The van der Waals surface area contributed by atoms with E-state index in [1.807, 2.05) is 30.3 Å². The average molecular weight is 246 g/mol. The monoisotopic (exact) mass is 246 g/mol. The molecule has 1 unspecified atom stereocenters. The first-order valence-electron chi connectivity index (χ1n) is 5.98. The van der Waals surface area contributed by atoms with E-state index in [-0.39, 0.29) is 12.0 Å². The van der Waals surface area contributed by atoms with Gasteiger partial charge in [0.25, 0.3) is 0 Å². The molecule has 2 aliphatic heterocycles. The van der Waals surface area contributed by atoms with Crippen LogP contribution in [0.1, 0.15) is 5.56 Å². The zero-order chi connectivity index (χ0) is 12.5. The predicted molar refractivity (Wildman–Crippen MR) is 65.5 cm³/mol. The van der Waals surface area contributed by atoms with Gasteiger partial charge in [0, 0.05) is 13.0 Å². The quantitative estimate of drug-likeness (QED) is 0.862. The summed E-state index contributed by atoms with van der Waals surface area (Å²) < 4.78 is 0. The minimum absolute atomic E-state index is 0.0354. The molecule has 2 atom stereocenters. The number of fused-ring (bicyclic) bond motifs is 1. The lowest BCUT2D eigenvalue weighted by atomic mass is 9.95. The van der Waals surface area contributed by atoms with Crippen molar-refractivity contribution in [2.75, 3.05) is 13.1 Å². The molecule has 2 aliphatic rings. The van der Waals surface area contributed by atoms with Gasteiger partial charge in [0.1, 0.15) is 6.10 Å². The molecular weight excluding hydrogens is 232 g/mol. The fraction of sp³-hybridized carbons (Fsp3) is 0.385. The van der Waals surface area contributed by atoms with Gasteiger partial charge in [-0.3, -0.25) is 0 Å². The fourth-order valence-electron chi connectivity index (χ4n) is 2.53. The Labute approximate surface area is 105 Å². The predicted octanol–water partition coefficient (Wildman–Crippen LogP) is 1.59. The van der Waals surface area contributed by atoms with Gasteiger partial charge in [-0.15, -0.1) is 0 Å². The highest BCUT2D eigenvalue weighted by atomic mass is 16.6. The Bertz CT molecular complexity index is 486. The highest BCUT2D eigenvalue weighted by molar-refractivity contribution is 5.94. The van der Waals surface area contributed by atoms with Crippen LogP contribution in [0.25, 0.3) is 0 Å². The van der Waals surface area contributed by atoms with E-state index >= 15 is 0 Å². The molecule has 0 bridgehead atoms. The first-order chi connectivity index (χ1) is 8.74. The van der Waals surface area contributed by atoms with Crippen LogP contribution in [0.5, 0.6) is 0 Å². The number of oxime groups is 1. The summed E-state index contributed by atoms with van der Waals surface area (Å²) in [6.45, 7) is 0.872. The molecule has 3 rings (SSSR count). The first kappa shape index (κ1) is 11.1. The molecule has 1 aromatic rings. The van der Waals surface area contributed by atoms with Crippen molar-refractivity contribution < 1.29 is 14.7 Å². The van der Waals surface area contributed by atoms with E-state index in [0.717, 1.165) is 12.1 Å². The Morgan fingerprint density at radius 2 is 2.22 bits per heavy atom. The lowest BCUT2D eigenvalue weighted by Crippen LogP contribution is -2.30. The molecule has 5 heteroatoms. The summed E-state index contributed by atoms with van der Waals surface area (Å²) in [5, 5.41) is 13.0. The van der Waals surface area contributed by atoms with Crippen molar-refractivity contribution >= 4 is 11.8 Å². The van der Waals surface area contributed by atoms with Gasteiger partial charge in [0.15, 0.2) is 0 Å². The summed E-state index contributed by atoms with van der Waals surface area (Å²) in [6.07, 6.45) is -0.149. The standard InChI is InChI=1S/C13H14N2O3/c16-13(17)15-7-10-11(8-15)14-18-12(10)6-9-4-2-1-3-5-9/h1-5,10,12H,6-8H2,(H,16,17)/t10-,12?/m1/s1. The number of hydrogen-bond acceptors (Lipinski definition) is 3. The molecule has 2 heterocycles. The number of amides is 1. The third-order valence-corrected chi connectivity index (χ3v) is 3.50. The number of benzene rings is 1. The maximum absolute atomic E-state index is 10.9. The first-order valence-corrected chi connectivity index (χ1v) is 5.98. The summed E-state index contributed by atoms with van der Waals surface area (Å²) in [5.74, 6) is 0.112. The summed E-state index contributed by atoms with van der Waals surface area (Å²) in [6, 6.07) is 10.0. The van der Waals surface area contributed by atoms with Crippen molar-refractivity contribution in [2.24, 2.45) is 11.1 Å². The van der Waals surface area contributed by atoms with E-state index < -0.39 is 6.09 Å². The van der Waals surface area contributed by atoms with E-state index in [0.29, 0.717) is 13.1 Å². The highest BCUT2D eigenvalue weighted by Gasteiger charge is 2.42. The Balaban J connectivity index is 1.69. The number of carbonyl (C=O) groups is 1. The molecule has 0 spiro atoms. The molecule has 0 saturated carbocycles. The maximum Gasteiger partial charge on any atom is 0.407 e. The molecule has 1 fully saturated rings. The van der Waals surface area contributed by atoms with E-state index in [9.17, 15) is 4.79 Å². The molecule has 5 nitrogen and oxygen atoms in total. The van der Waals surface area contributed by atoms with Crippen molar-refractivity contribution in [3.05, 3.63) is 35.9 Å². The van der Waals surface area contributed by atoms with E-state index in [2.05, 4.69) is 5.16 Å². The zero-order valence-corrected chi connectivity index (χ0v) is 9.82. The molecule has 1 saturated heterocycles. The van der Waals surface area contributed by atoms with Crippen LogP contribution in [-0.2, 0) is 11.3 Å². The highest BCUT2D eigenvalue weighted by Crippen LogP contribution is 2.28. The second kappa shape index (κ2) is 4.33. The largest absolute Gasteiger partial charge is 0.465 e. The number of likely N-dealkylation sites (tertiary alicyclic amines) is 1. The van der Waals surface area contributed by atoms with Crippen molar-refractivity contribution in [2.45, 2.75) is 12.5 Å². The van der Waals surface area contributed by atoms with Crippen LogP contribution in [0.3, 0.4) is 0 Å². The molecule has 94 valence electrons. The SMILES string of the molecule is O=C(O)N1CC2=NOC(Cc3ccccc3)[C@@H]2C1. The Kier molecular flexibility index (Phi) is 2.66. The van der Waals surface area contributed by atoms with Crippen molar-refractivity contribution in [3.63, 3.8) is 0 Å². The zero-order valence-electron chi connectivity index (χ0n) is 9.82. The summed E-state index contributed by atoms with van der Waals surface area (Å²) >= 11 is 0. The second-order valence-electron chi connectivity index (χ2n) is 4.69. The van der Waals surface area contributed by atoms with Gasteiger partial charge in [-0.25, -0.2) is 4.79 Å².